The van der Waals surface area contributed by atoms with Crippen LogP contribution < -0.4 is 0 Å². The maximum atomic E-state index is 5.57. The lowest BCUT2D eigenvalue weighted by molar-refractivity contribution is 0.953. The van der Waals surface area contributed by atoms with E-state index in [2.05, 4.69) is 244 Å². The first-order chi connectivity index (χ1) is 34.2. The van der Waals surface area contributed by atoms with Gasteiger partial charge in [-0.15, -0.1) is 0 Å². The summed E-state index contributed by atoms with van der Waals surface area (Å²) in [5.41, 5.74) is 14.8. The molecular weight excluding hydrogens is 841 g/mol. The van der Waals surface area contributed by atoms with Crippen LogP contribution in [0.4, 0.5) is 0 Å². The third-order valence-corrected chi connectivity index (χ3v) is 13.7. The SMILES string of the molecule is c1ccc(-c2cccc(-c3nc(-c4cccc(-c5ccccc5)c4)nc(-n4c5ccccc5c5c(-n6c7ccccc7c7ccccc76)cc6c7ccccc7n(-c7ccccc7)c6c54)n3)c2)cc1. The van der Waals surface area contributed by atoms with Gasteiger partial charge in [0.2, 0.25) is 5.95 Å². The normalized spacial score (nSPS) is 11.8. The van der Waals surface area contributed by atoms with Crippen molar-refractivity contribution in [1.29, 1.82) is 0 Å². The molecule has 0 spiro atoms. The van der Waals surface area contributed by atoms with Gasteiger partial charge in [-0.05, 0) is 76.9 Å². The van der Waals surface area contributed by atoms with E-state index in [4.69, 9.17) is 15.0 Å². The number of hydrogen-bond acceptors (Lipinski definition) is 3. The quantitative estimate of drug-likeness (QED) is 0.160. The molecular formula is C63H40N6. The average Bonchev–Trinajstić information content (AvgIpc) is 4.08. The fourth-order valence-electron chi connectivity index (χ4n) is 10.6. The van der Waals surface area contributed by atoms with Crippen molar-refractivity contribution >= 4 is 65.4 Å². The highest BCUT2D eigenvalue weighted by molar-refractivity contribution is 6.27. The highest BCUT2D eigenvalue weighted by atomic mass is 15.2. The Hall–Kier alpha value is -9.39. The lowest BCUT2D eigenvalue weighted by Gasteiger charge is -2.16. The highest BCUT2D eigenvalue weighted by Gasteiger charge is 2.27. The third kappa shape index (κ3) is 6.16. The number of para-hydroxylation sites is 5. The Morgan fingerprint density at radius 1 is 0.261 bits per heavy atom. The Labute approximate surface area is 397 Å². The van der Waals surface area contributed by atoms with E-state index in [-0.39, 0.29) is 0 Å². The summed E-state index contributed by atoms with van der Waals surface area (Å²) < 4.78 is 7.19. The molecule has 0 bridgehead atoms. The van der Waals surface area contributed by atoms with Crippen LogP contribution in [-0.2, 0) is 0 Å². The molecule has 0 aliphatic heterocycles. The van der Waals surface area contributed by atoms with E-state index in [0.29, 0.717) is 17.6 Å². The summed E-state index contributed by atoms with van der Waals surface area (Å²) in [5.74, 6) is 1.70. The van der Waals surface area contributed by atoms with Crippen molar-refractivity contribution < 1.29 is 0 Å². The number of aromatic nitrogens is 6. The molecule has 0 saturated carbocycles. The molecule has 4 heterocycles. The van der Waals surface area contributed by atoms with Crippen LogP contribution in [-0.4, -0.2) is 28.7 Å². The molecule has 0 saturated heterocycles. The van der Waals surface area contributed by atoms with Gasteiger partial charge in [-0.1, -0.05) is 188 Å². The first kappa shape index (κ1) is 38.8. The predicted octanol–water partition coefficient (Wildman–Crippen LogP) is 15.8. The van der Waals surface area contributed by atoms with Crippen molar-refractivity contribution in [2.24, 2.45) is 0 Å². The summed E-state index contributed by atoms with van der Waals surface area (Å²) in [6, 6.07) is 86.2. The molecule has 69 heavy (non-hydrogen) atoms. The summed E-state index contributed by atoms with van der Waals surface area (Å²) in [7, 11) is 0. The number of fused-ring (bicyclic) bond motifs is 10. The third-order valence-electron chi connectivity index (χ3n) is 13.7. The summed E-state index contributed by atoms with van der Waals surface area (Å²) in [6.45, 7) is 0. The molecule has 6 heteroatoms. The molecule has 0 unspecified atom stereocenters. The van der Waals surface area contributed by atoms with Gasteiger partial charge in [0, 0.05) is 49.1 Å². The predicted molar refractivity (Wildman–Crippen MR) is 285 cm³/mol. The van der Waals surface area contributed by atoms with Gasteiger partial charge in [-0.3, -0.25) is 4.57 Å². The zero-order valence-electron chi connectivity index (χ0n) is 37.3. The van der Waals surface area contributed by atoms with Crippen molar-refractivity contribution in [3.05, 3.63) is 243 Å². The molecule has 322 valence electrons. The second-order valence-electron chi connectivity index (χ2n) is 17.6. The van der Waals surface area contributed by atoms with Crippen LogP contribution in [0.2, 0.25) is 0 Å². The van der Waals surface area contributed by atoms with Gasteiger partial charge < -0.3 is 9.13 Å². The Kier molecular flexibility index (Phi) is 8.79. The fraction of sp³-hybridized carbons (Fsp3) is 0. The minimum Gasteiger partial charge on any atom is -0.309 e. The van der Waals surface area contributed by atoms with Crippen molar-refractivity contribution in [2.45, 2.75) is 0 Å². The van der Waals surface area contributed by atoms with Crippen LogP contribution in [0, 0.1) is 0 Å². The summed E-state index contributed by atoms with van der Waals surface area (Å²) in [4.78, 5) is 16.5. The smallest absolute Gasteiger partial charge is 0.238 e. The highest BCUT2D eigenvalue weighted by Crippen LogP contribution is 2.46. The molecule has 10 aromatic carbocycles. The van der Waals surface area contributed by atoms with Gasteiger partial charge in [-0.2, -0.15) is 9.97 Å². The summed E-state index contributed by atoms with van der Waals surface area (Å²) >= 11 is 0. The topological polar surface area (TPSA) is 53.5 Å². The van der Waals surface area contributed by atoms with Crippen LogP contribution in [0.1, 0.15) is 0 Å². The molecule has 0 aliphatic carbocycles. The van der Waals surface area contributed by atoms with E-state index in [1.54, 1.807) is 0 Å². The van der Waals surface area contributed by atoms with Crippen LogP contribution in [0.25, 0.3) is 128 Å². The molecule has 0 fully saturated rings. The lowest BCUT2D eigenvalue weighted by Crippen LogP contribution is -2.07. The van der Waals surface area contributed by atoms with Crippen LogP contribution in [0.5, 0.6) is 0 Å². The largest absolute Gasteiger partial charge is 0.309 e. The van der Waals surface area contributed by atoms with E-state index in [9.17, 15) is 0 Å². The van der Waals surface area contributed by atoms with Gasteiger partial charge in [-0.25, -0.2) is 4.98 Å². The maximum absolute atomic E-state index is 5.57. The van der Waals surface area contributed by atoms with E-state index >= 15 is 0 Å². The molecule has 14 rings (SSSR count). The number of benzene rings is 10. The van der Waals surface area contributed by atoms with Crippen molar-refractivity contribution in [3.63, 3.8) is 0 Å². The molecule has 0 radical (unpaired) electrons. The minimum atomic E-state index is 0.530. The summed E-state index contributed by atoms with van der Waals surface area (Å²) in [6.07, 6.45) is 0. The second-order valence-corrected chi connectivity index (χ2v) is 17.6. The maximum Gasteiger partial charge on any atom is 0.238 e. The molecule has 4 aromatic heterocycles. The van der Waals surface area contributed by atoms with Gasteiger partial charge in [0.1, 0.15) is 0 Å². The van der Waals surface area contributed by atoms with Gasteiger partial charge in [0.25, 0.3) is 0 Å². The average molecular weight is 881 g/mol. The zero-order valence-corrected chi connectivity index (χ0v) is 37.3. The molecule has 0 atom stereocenters. The van der Waals surface area contributed by atoms with E-state index < -0.39 is 0 Å². The molecule has 0 aliphatic rings. The van der Waals surface area contributed by atoms with Crippen molar-refractivity contribution in [1.82, 2.24) is 28.7 Å². The van der Waals surface area contributed by atoms with Crippen LogP contribution in [0.15, 0.2) is 243 Å². The molecule has 14 aromatic rings. The first-order valence-electron chi connectivity index (χ1n) is 23.4. The lowest BCUT2D eigenvalue weighted by atomic mass is 10.0. The standard InChI is InChI=1S/C63H40N6/c1-4-20-41(21-5-1)43-24-18-26-45(38-43)61-64-62(46-27-19-25-44(39-46)42-22-6-2-7-23-42)66-63(65-61)69-56-37-17-13-33-51(56)58-57(68-54-35-15-10-30-48(54)49-31-11-16-36-55(49)68)40-52-50-32-12-14-34-53(50)67(59(52)60(58)69)47-28-8-3-9-29-47/h1-40H. The second kappa shape index (κ2) is 15.6. The first-order valence-corrected chi connectivity index (χ1v) is 23.4. The van der Waals surface area contributed by atoms with E-state index in [1.807, 2.05) is 12.1 Å². The van der Waals surface area contributed by atoms with E-state index in [0.717, 1.165) is 99.4 Å². The summed E-state index contributed by atoms with van der Waals surface area (Å²) in [5, 5.41) is 6.90. The number of hydrogen-bond donors (Lipinski definition) is 0. The molecule has 0 amide bonds. The van der Waals surface area contributed by atoms with Gasteiger partial charge >= 0.3 is 0 Å². The monoisotopic (exact) mass is 880 g/mol. The van der Waals surface area contributed by atoms with Crippen molar-refractivity contribution in [2.75, 3.05) is 0 Å². The van der Waals surface area contributed by atoms with Crippen LogP contribution in [0.3, 0.4) is 0 Å². The minimum absolute atomic E-state index is 0.530. The number of rotatable bonds is 7. The molecule has 6 nitrogen and oxygen atoms in total. The Morgan fingerprint density at radius 3 is 1.20 bits per heavy atom. The zero-order chi connectivity index (χ0) is 45.4. The Bertz CT molecular complexity index is 4140. The Balaban J connectivity index is 1.16. The van der Waals surface area contributed by atoms with Crippen molar-refractivity contribution in [3.8, 4) is 62.4 Å². The number of nitrogens with zero attached hydrogens (tertiary/aromatic N) is 6. The van der Waals surface area contributed by atoms with E-state index in [1.165, 1.54) is 10.8 Å². The fourth-order valence-corrected chi connectivity index (χ4v) is 10.6. The van der Waals surface area contributed by atoms with Gasteiger partial charge in [0.15, 0.2) is 11.6 Å². The Morgan fingerprint density at radius 2 is 0.667 bits per heavy atom. The van der Waals surface area contributed by atoms with Crippen LogP contribution >= 0.6 is 0 Å². The van der Waals surface area contributed by atoms with Gasteiger partial charge in [0.05, 0.1) is 38.8 Å². The molecule has 0 N–H and O–H groups in total.